The van der Waals surface area contributed by atoms with Crippen LogP contribution < -0.4 is 17.2 Å². The molecule has 1 fully saturated rings. The summed E-state index contributed by atoms with van der Waals surface area (Å²) < 4.78 is 0.628. The summed E-state index contributed by atoms with van der Waals surface area (Å²) in [7, 11) is 2.29. The van der Waals surface area contributed by atoms with E-state index in [-0.39, 0.29) is 0 Å². The predicted molar refractivity (Wildman–Crippen MR) is 76.7 cm³/mol. The van der Waals surface area contributed by atoms with E-state index < -0.39 is 0 Å². The van der Waals surface area contributed by atoms with Crippen LogP contribution in [-0.4, -0.2) is 27.5 Å². The van der Waals surface area contributed by atoms with Gasteiger partial charge in [-0.15, -0.1) is 0 Å². The van der Waals surface area contributed by atoms with Crippen LogP contribution in [0, 0.1) is 11.8 Å². The van der Waals surface area contributed by atoms with Crippen molar-refractivity contribution in [3.63, 3.8) is 0 Å². The first-order valence-electron chi connectivity index (χ1n) is 6.29. The maximum atomic E-state index is 2.64. The normalized spacial score (nSPS) is 37.2. The Kier molecular flexibility index (Phi) is 5.84. The van der Waals surface area contributed by atoms with Crippen LogP contribution in [0.5, 0.6) is 0 Å². The number of hydrogen-bond donors (Lipinski definition) is 0. The van der Waals surface area contributed by atoms with E-state index in [0.717, 1.165) is 23.9 Å². The molecule has 0 radical (unpaired) electrons. The van der Waals surface area contributed by atoms with Crippen LogP contribution in [0.4, 0.5) is 0 Å². The van der Waals surface area contributed by atoms with Crippen molar-refractivity contribution in [3.8, 4) is 0 Å². The number of hydrogen-bond acceptors (Lipinski definition) is 1. The molecule has 0 amide bonds. The standard InChI is InChI=1S/C13H26I2N/c1-9-10(2)16(6)11(3)12(9)7-8-13(4,5)15-14/h9-12H,7-8H2,1-6H3/q-1/t9-,10?,11-,12-/m0/s1. The van der Waals surface area contributed by atoms with Gasteiger partial charge < -0.3 is 0 Å². The second-order valence-corrected chi connectivity index (χ2v) is 12.1. The summed E-state index contributed by atoms with van der Waals surface area (Å²) in [5.41, 5.74) is 0. The molecule has 1 unspecified atom stereocenters. The quantitative estimate of drug-likeness (QED) is 0.456. The molecule has 0 N–H and O–H groups in total. The van der Waals surface area contributed by atoms with E-state index in [2.05, 4.69) is 65.2 Å². The van der Waals surface area contributed by atoms with Gasteiger partial charge in [0.15, 0.2) is 0 Å². The summed E-state index contributed by atoms with van der Waals surface area (Å²) in [4.78, 5) is 2.57. The molecule has 0 aliphatic carbocycles. The summed E-state index contributed by atoms with van der Waals surface area (Å²) in [5, 5.41) is 0. The molecule has 1 nitrogen and oxygen atoms in total. The minimum absolute atomic E-state index is 0.344. The SMILES string of the molecule is CC1[C@H](C)[C@H](CCC(C)(C)[I-]I)[C@H](C)N1C. The number of nitrogens with zero attached hydrogens (tertiary/aromatic N) is 1. The second-order valence-electron chi connectivity index (χ2n) is 6.00. The van der Waals surface area contributed by atoms with E-state index in [0.29, 0.717) is 20.7 Å². The van der Waals surface area contributed by atoms with Gasteiger partial charge in [-0.2, -0.15) is 0 Å². The monoisotopic (exact) mass is 450 g/mol. The molecule has 0 spiro atoms. The summed E-state index contributed by atoms with van der Waals surface area (Å²) >= 11 is 2.98. The van der Waals surface area contributed by atoms with Gasteiger partial charge in [-0.25, -0.2) is 0 Å². The van der Waals surface area contributed by atoms with Crippen molar-refractivity contribution in [2.24, 2.45) is 11.8 Å². The third-order valence-electron chi connectivity index (χ3n) is 4.61. The Morgan fingerprint density at radius 3 is 2.12 bits per heavy atom. The van der Waals surface area contributed by atoms with Crippen molar-refractivity contribution in [1.82, 2.24) is 4.90 Å². The Balaban J connectivity index is 2.55. The minimum atomic E-state index is 0.344. The van der Waals surface area contributed by atoms with Gasteiger partial charge >= 0.3 is 123 Å². The number of likely N-dealkylation sites (tertiary alicyclic amines) is 1. The average Bonchev–Trinajstić information content (AvgIpc) is 2.42. The molecule has 1 heterocycles. The zero-order chi connectivity index (χ0) is 12.5. The van der Waals surface area contributed by atoms with E-state index in [1.54, 1.807) is 0 Å². The van der Waals surface area contributed by atoms with Crippen LogP contribution in [0.2, 0.25) is 0 Å². The van der Waals surface area contributed by atoms with Gasteiger partial charge in [-0.1, -0.05) is 0 Å². The van der Waals surface area contributed by atoms with Crippen LogP contribution in [0.3, 0.4) is 0 Å². The van der Waals surface area contributed by atoms with Crippen LogP contribution in [0.1, 0.15) is 47.5 Å². The number of alkyl halides is 1. The van der Waals surface area contributed by atoms with Crippen LogP contribution >= 0.6 is 18.6 Å². The zero-order valence-corrected chi connectivity index (χ0v) is 15.7. The van der Waals surface area contributed by atoms with Crippen LogP contribution in [-0.2, 0) is 0 Å². The van der Waals surface area contributed by atoms with Crippen LogP contribution in [0.15, 0.2) is 0 Å². The molecule has 0 aromatic heterocycles. The van der Waals surface area contributed by atoms with Crippen molar-refractivity contribution in [1.29, 1.82) is 0 Å². The fraction of sp³-hybridized carbons (Fsp3) is 1.00. The van der Waals surface area contributed by atoms with Gasteiger partial charge in [0.2, 0.25) is 0 Å². The van der Waals surface area contributed by atoms with Gasteiger partial charge in [-0.3, -0.25) is 0 Å². The third-order valence-corrected chi connectivity index (χ3v) is 13.7. The van der Waals surface area contributed by atoms with E-state index in [4.69, 9.17) is 0 Å². The van der Waals surface area contributed by atoms with Gasteiger partial charge in [0.05, 0.1) is 0 Å². The molecule has 0 bridgehead atoms. The molecule has 0 aromatic rings. The third kappa shape index (κ3) is 3.46. The fourth-order valence-corrected chi connectivity index (χ4v) is 4.77. The number of halogens is 2. The molecule has 16 heavy (non-hydrogen) atoms. The molecule has 0 saturated carbocycles. The molecule has 1 aliphatic heterocycles. The molecular formula is C13H26I2N-. The van der Waals surface area contributed by atoms with Crippen molar-refractivity contribution in [2.75, 3.05) is 7.05 Å². The first kappa shape index (κ1) is 15.5. The first-order valence-corrected chi connectivity index (χ1v) is 13.7. The van der Waals surface area contributed by atoms with Crippen molar-refractivity contribution in [2.45, 2.75) is 63.0 Å². The summed E-state index contributed by atoms with van der Waals surface area (Å²) in [6, 6.07) is 1.53. The Labute approximate surface area is 122 Å². The Morgan fingerprint density at radius 2 is 1.75 bits per heavy atom. The fourth-order valence-electron chi connectivity index (χ4n) is 2.89. The zero-order valence-electron chi connectivity index (χ0n) is 11.4. The molecule has 3 heteroatoms. The van der Waals surface area contributed by atoms with Gasteiger partial charge in [0.1, 0.15) is 0 Å². The van der Waals surface area contributed by atoms with Crippen molar-refractivity contribution >= 4 is 18.6 Å². The van der Waals surface area contributed by atoms with Crippen molar-refractivity contribution in [3.05, 3.63) is 0 Å². The van der Waals surface area contributed by atoms with Gasteiger partial charge in [0, 0.05) is 0 Å². The predicted octanol–water partition coefficient (Wildman–Crippen LogP) is 0.959. The van der Waals surface area contributed by atoms with Gasteiger partial charge in [0.25, 0.3) is 0 Å². The average molecular weight is 450 g/mol. The maximum absolute atomic E-state index is 2.64. The molecule has 1 rings (SSSR count). The summed E-state index contributed by atoms with van der Waals surface area (Å²) in [6.07, 6.45) is 2.84. The topological polar surface area (TPSA) is 3.24 Å². The van der Waals surface area contributed by atoms with Crippen LogP contribution in [0.25, 0.3) is 0 Å². The van der Waals surface area contributed by atoms with Gasteiger partial charge in [-0.05, 0) is 0 Å². The van der Waals surface area contributed by atoms with E-state index in [1.807, 2.05) is 0 Å². The van der Waals surface area contributed by atoms with E-state index in [1.165, 1.54) is 12.8 Å². The van der Waals surface area contributed by atoms with E-state index >= 15 is 0 Å². The number of rotatable bonds is 4. The Morgan fingerprint density at radius 1 is 1.19 bits per heavy atom. The molecule has 0 aromatic carbocycles. The first-order chi connectivity index (χ1) is 7.30. The summed E-state index contributed by atoms with van der Waals surface area (Å²) in [5.74, 6) is 1.77. The molecule has 4 atom stereocenters. The molecular weight excluding hydrogens is 424 g/mol. The second kappa shape index (κ2) is 6.04. The molecule has 1 saturated heterocycles. The Bertz CT molecular complexity index is 216. The molecule has 1 aliphatic rings. The summed E-state index contributed by atoms with van der Waals surface area (Å²) in [6.45, 7) is 12.1. The van der Waals surface area contributed by atoms with E-state index in [9.17, 15) is 0 Å². The Hall–Kier alpha value is 1.42. The molecule has 98 valence electrons. The van der Waals surface area contributed by atoms with Crippen molar-refractivity contribution < 1.29 is 17.2 Å².